The van der Waals surface area contributed by atoms with Crippen LogP contribution in [0.5, 0.6) is 0 Å². The fourth-order valence-electron chi connectivity index (χ4n) is 4.08. The molecule has 146 valence electrons. The van der Waals surface area contributed by atoms with E-state index in [4.69, 9.17) is 4.74 Å². The number of hydrogen-bond donors (Lipinski definition) is 0. The molecule has 1 aromatic heterocycles. The van der Waals surface area contributed by atoms with Gasteiger partial charge in [0.1, 0.15) is 0 Å². The minimum absolute atomic E-state index is 0.340. The predicted octanol–water partition coefficient (Wildman–Crippen LogP) is 5.80. The van der Waals surface area contributed by atoms with Crippen LogP contribution in [-0.2, 0) is 17.8 Å². The molecule has 0 amide bonds. The van der Waals surface area contributed by atoms with Crippen molar-refractivity contribution in [2.45, 2.75) is 45.9 Å². The molecule has 0 bridgehead atoms. The van der Waals surface area contributed by atoms with E-state index in [1.54, 1.807) is 0 Å². The average Bonchev–Trinajstić information content (AvgIpc) is 3.17. The van der Waals surface area contributed by atoms with Gasteiger partial charge in [0.25, 0.3) is 0 Å². The average molecular weight is 439 g/mol. The molecule has 2 aromatic carbocycles. The second-order valence-electron chi connectivity index (χ2n) is 7.89. The normalized spacial score (nSPS) is 16.9. The van der Waals surface area contributed by atoms with E-state index in [9.17, 15) is 0 Å². The Morgan fingerprint density at radius 1 is 1.14 bits per heavy atom. The second kappa shape index (κ2) is 8.73. The van der Waals surface area contributed by atoms with Crippen LogP contribution < -0.4 is 0 Å². The predicted molar refractivity (Wildman–Crippen MR) is 118 cm³/mol. The molecule has 0 radical (unpaired) electrons. The largest absolute Gasteiger partial charge is 0.377 e. The molecule has 0 saturated carbocycles. The Hall–Kier alpha value is -1.75. The monoisotopic (exact) mass is 438 g/mol. The minimum atomic E-state index is 0.340. The van der Waals surface area contributed by atoms with Crippen molar-refractivity contribution in [2.75, 3.05) is 13.2 Å². The van der Waals surface area contributed by atoms with E-state index in [-0.39, 0.29) is 0 Å². The minimum Gasteiger partial charge on any atom is -0.377 e. The maximum absolute atomic E-state index is 5.94. The fraction of sp³-hybridized carbons (Fsp3) is 0.375. The van der Waals surface area contributed by atoms with Gasteiger partial charge in [-0.3, -0.25) is 9.88 Å². The van der Waals surface area contributed by atoms with Crippen LogP contribution in [0.3, 0.4) is 0 Å². The van der Waals surface area contributed by atoms with Crippen molar-refractivity contribution in [3.05, 3.63) is 75.4 Å². The van der Waals surface area contributed by atoms with Gasteiger partial charge in [-0.25, -0.2) is 0 Å². The molecular formula is C24H27BrN2O. The van der Waals surface area contributed by atoms with Gasteiger partial charge < -0.3 is 4.74 Å². The molecule has 28 heavy (non-hydrogen) atoms. The number of hydrogen-bond acceptors (Lipinski definition) is 3. The standard InChI is InChI=1S/C24H27BrN2O/c1-17-7-8-21(23(25)11-17)15-27(16-22-6-4-10-28-22)14-19-12-18(2)24-20(13-19)5-3-9-26-24/h3,5,7-9,11-13,22H,4,6,10,14-16H2,1-2H3. The van der Waals surface area contributed by atoms with Crippen LogP contribution in [0, 0.1) is 13.8 Å². The summed E-state index contributed by atoms with van der Waals surface area (Å²) in [5.41, 5.74) is 6.26. The lowest BCUT2D eigenvalue weighted by atomic mass is 10.0. The number of pyridine rings is 1. The van der Waals surface area contributed by atoms with Gasteiger partial charge in [-0.05, 0) is 67.1 Å². The molecule has 1 fully saturated rings. The van der Waals surface area contributed by atoms with Crippen molar-refractivity contribution >= 4 is 26.8 Å². The third-order valence-electron chi connectivity index (χ3n) is 5.45. The molecule has 0 N–H and O–H groups in total. The Labute approximate surface area is 175 Å². The maximum atomic E-state index is 5.94. The summed E-state index contributed by atoms with van der Waals surface area (Å²) < 4.78 is 7.12. The van der Waals surface area contributed by atoms with Crippen LogP contribution in [0.2, 0.25) is 0 Å². The van der Waals surface area contributed by atoms with Gasteiger partial charge in [0.05, 0.1) is 11.6 Å². The Morgan fingerprint density at radius 3 is 2.82 bits per heavy atom. The first-order valence-electron chi connectivity index (χ1n) is 10.0. The van der Waals surface area contributed by atoms with Gasteiger partial charge in [0.2, 0.25) is 0 Å². The van der Waals surface area contributed by atoms with Crippen LogP contribution in [0.4, 0.5) is 0 Å². The van der Waals surface area contributed by atoms with E-state index in [2.05, 4.69) is 76.1 Å². The number of rotatable bonds is 6. The second-order valence-corrected chi connectivity index (χ2v) is 8.74. The summed E-state index contributed by atoms with van der Waals surface area (Å²) >= 11 is 3.75. The lowest BCUT2D eigenvalue weighted by molar-refractivity contribution is 0.0678. The van der Waals surface area contributed by atoms with Gasteiger partial charge in [-0.15, -0.1) is 0 Å². The van der Waals surface area contributed by atoms with Crippen molar-refractivity contribution in [1.82, 2.24) is 9.88 Å². The van der Waals surface area contributed by atoms with Gasteiger partial charge in [0.15, 0.2) is 0 Å². The van der Waals surface area contributed by atoms with Crippen molar-refractivity contribution in [3.8, 4) is 0 Å². The van der Waals surface area contributed by atoms with Gasteiger partial charge >= 0.3 is 0 Å². The quantitative estimate of drug-likeness (QED) is 0.486. The Balaban J connectivity index is 1.59. The van der Waals surface area contributed by atoms with Gasteiger partial charge in [-0.2, -0.15) is 0 Å². The molecule has 0 spiro atoms. The van der Waals surface area contributed by atoms with Crippen molar-refractivity contribution < 1.29 is 4.74 Å². The van der Waals surface area contributed by atoms with Crippen molar-refractivity contribution in [2.24, 2.45) is 0 Å². The van der Waals surface area contributed by atoms with E-state index in [0.29, 0.717) is 6.10 Å². The number of aromatic nitrogens is 1. The topological polar surface area (TPSA) is 25.4 Å². The fourth-order valence-corrected chi connectivity index (χ4v) is 4.70. The SMILES string of the molecule is Cc1ccc(CN(Cc2cc(C)c3ncccc3c2)CC2CCCO2)c(Br)c1. The highest BCUT2D eigenvalue weighted by Crippen LogP contribution is 2.24. The molecule has 1 unspecified atom stereocenters. The summed E-state index contributed by atoms with van der Waals surface area (Å²) in [4.78, 5) is 7.05. The van der Waals surface area contributed by atoms with E-state index >= 15 is 0 Å². The number of aryl methyl sites for hydroxylation is 2. The first-order chi connectivity index (χ1) is 13.6. The highest BCUT2D eigenvalue weighted by molar-refractivity contribution is 9.10. The molecule has 1 saturated heterocycles. The first-order valence-corrected chi connectivity index (χ1v) is 10.8. The third-order valence-corrected chi connectivity index (χ3v) is 6.19. The smallest absolute Gasteiger partial charge is 0.0731 e. The first kappa shape index (κ1) is 19.6. The molecule has 3 aromatic rings. The Kier molecular flexibility index (Phi) is 6.10. The van der Waals surface area contributed by atoms with Crippen LogP contribution in [0.1, 0.15) is 35.1 Å². The number of fused-ring (bicyclic) bond motifs is 1. The summed E-state index contributed by atoms with van der Waals surface area (Å²) in [6.07, 6.45) is 4.54. The van der Waals surface area contributed by atoms with E-state index in [1.165, 1.54) is 38.5 Å². The third kappa shape index (κ3) is 4.62. The van der Waals surface area contributed by atoms with Crippen LogP contribution in [0.25, 0.3) is 10.9 Å². The van der Waals surface area contributed by atoms with Crippen LogP contribution >= 0.6 is 15.9 Å². The van der Waals surface area contributed by atoms with Gasteiger partial charge in [0, 0.05) is 42.3 Å². The van der Waals surface area contributed by atoms with Crippen LogP contribution in [-0.4, -0.2) is 29.1 Å². The number of halogens is 1. The maximum Gasteiger partial charge on any atom is 0.0731 e. The highest BCUT2D eigenvalue weighted by Gasteiger charge is 2.20. The zero-order chi connectivity index (χ0) is 19.5. The van der Waals surface area contributed by atoms with E-state index < -0.39 is 0 Å². The summed E-state index contributed by atoms with van der Waals surface area (Å²) in [7, 11) is 0. The summed E-state index contributed by atoms with van der Waals surface area (Å²) in [5.74, 6) is 0. The molecule has 1 atom stereocenters. The number of nitrogens with zero attached hydrogens (tertiary/aromatic N) is 2. The number of benzene rings is 2. The van der Waals surface area contributed by atoms with Crippen LogP contribution in [0.15, 0.2) is 53.1 Å². The van der Waals surface area contributed by atoms with Gasteiger partial charge in [-0.1, -0.05) is 40.2 Å². The molecular weight excluding hydrogens is 412 g/mol. The zero-order valence-corrected chi connectivity index (χ0v) is 18.2. The molecule has 4 rings (SSSR count). The number of ether oxygens (including phenoxy) is 1. The Bertz CT molecular complexity index is 966. The summed E-state index contributed by atoms with van der Waals surface area (Å²) in [6, 6.07) is 15.3. The lowest BCUT2D eigenvalue weighted by Crippen LogP contribution is -2.31. The summed E-state index contributed by atoms with van der Waals surface area (Å²) in [5, 5.41) is 1.21. The molecule has 1 aliphatic heterocycles. The molecule has 4 heteroatoms. The Morgan fingerprint density at radius 2 is 2.04 bits per heavy atom. The molecule has 1 aliphatic rings. The van der Waals surface area contributed by atoms with E-state index in [0.717, 1.165) is 38.2 Å². The molecule has 3 nitrogen and oxygen atoms in total. The highest BCUT2D eigenvalue weighted by atomic mass is 79.9. The van der Waals surface area contributed by atoms with Crippen molar-refractivity contribution in [3.63, 3.8) is 0 Å². The molecule has 0 aliphatic carbocycles. The van der Waals surface area contributed by atoms with Crippen molar-refractivity contribution in [1.29, 1.82) is 0 Å². The molecule has 2 heterocycles. The zero-order valence-electron chi connectivity index (χ0n) is 16.6. The summed E-state index contributed by atoms with van der Waals surface area (Å²) in [6.45, 7) is 7.96. The lowest BCUT2D eigenvalue weighted by Gasteiger charge is -2.26. The van der Waals surface area contributed by atoms with E-state index in [1.807, 2.05) is 12.3 Å².